The molecule has 0 aromatic rings. The van der Waals surface area contributed by atoms with Gasteiger partial charge in [-0.3, -0.25) is 9.59 Å². The summed E-state index contributed by atoms with van der Waals surface area (Å²) in [7, 11) is 1.41. The molecule has 0 spiro atoms. The van der Waals surface area contributed by atoms with Gasteiger partial charge in [-0.15, -0.1) is 0 Å². The number of ether oxygens (including phenoxy) is 1. The van der Waals surface area contributed by atoms with Crippen LogP contribution in [0.1, 0.15) is 70.6 Å². The summed E-state index contributed by atoms with van der Waals surface area (Å²) in [6.07, 6.45) is 7.70. The van der Waals surface area contributed by atoms with Gasteiger partial charge in [-0.05, 0) is 88.4 Å². The van der Waals surface area contributed by atoms with Gasteiger partial charge in [0.15, 0.2) is 0 Å². The first-order valence-electron chi connectivity index (χ1n) is 11.1. The van der Waals surface area contributed by atoms with Crippen LogP contribution in [-0.4, -0.2) is 47.3 Å². The lowest BCUT2D eigenvalue weighted by molar-refractivity contribution is -0.182. The summed E-state index contributed by atoms with van der Waals surface area (Å²) >= 11 is 0. The molecule has 7 nitrogen and oxygen atoms in total. The summed E-state index contributed by atoms with van der Waals surface area (Å²) < 4.78 is 5.10. The first kappa shape index (κ1) is 20.6. The minimum Gasteiger partial charge on any atom is -0.480 e. The number of aliphatic hydroxyl groups excluding tert-OH is 1. The molecule has 0 aliphatic heterocycles. The van der Waals surface area contributed by atoms with Gasteiger partial charge >= 0.3 is 11.9 Å². The van der Waals surface area contributed by atoms with Crippen LogP contribution in [0.2, 0.25) is 0 Å². The maximum Gasteiger partial charge on any atom is 0.326 e. The number of carboxylic acids is 1. The second kappa shape index (κ2) is 7.56. The quantitative estimate of drug-likeness (QED) is 0.582. The Balaban J connectivity index is 1.47. The molecule has 4 bridgehead atoms. The SMILES string of the molecule is COC(=O)C12CC3CC(CC(C(=O)N[C@@H](CC4CCC(O)CC4)C(=O)O)(C3)C1)C2. The molecular formula is C22H33NO6. The summed E-state index contributed by atoms with van der Waals surface area (Å²) in [5.41, 5.74) is -1.22. The van der Waals surface area contributed by atoms with E-state index in [1.807, 2.05) is 0 Å². The number of aliphatic carboxylic acids is 1. The van der Waals surface area contributed by atoms with Gasteiger partial charge in [0.2, 0.25) is 5.91 Å². The lowest BCUT2D eigenvalue weighted by Gasteiger charge is -2.59. The topological polar surface area (TPSA) is 113 Å². The molecule has 0 radical (unpaired) electrons. The Morgan fingerprint density at radius 2 is 1.62 bits per heavy atom. The van der Waals surface area contributed by atoms with E-state index in [0.717, 1.165) is 44.9 Å². The summed E-state index contributed by atoms with van der Waals surface area (Å²) in [5, 5.41) is 22.3. The predicted molar refractivity (Wildman–Crippen MR) is 104 cm³/mol. The van der Waals surface area contributed by atoms with Crippen molar-refractivity contribution in [1.29, 1.82) is 0 Å². The fraction of sp³-hybridized carbons (Fsp3) is 0.864. The average molecular weight is 408 g/mol. The molecule has 5 aliphatic rings. The highest BCUT2D eigenvalue weighted by Crippen LogP contribution is 2.65. The van der Waals surface area contributed by atoms with Crippen LogP contribution in [0.25, 0.3) is 0 Å². The monoisotopic (exact) mass is 407 g/mol. The van der Waals surface area contributed by atoms with Crippen molar-refractivity contribution in [3.63, 3.8) is 0 Å². The first-order chi connectivity index (χ1) is 13.7. The number of carbonyl (C=O) groups excluding carboxylic acids is 2. The maximum atomic E-state index is 13.4. The summed E-state index contributed by atoms with van der Waals surface area (Å²) in [4.78, 5) is 37.9. The van der Waals surface area contributed by atoms with Crippen molar-refractivity contribution in [2.24, 2.45) is 28.6 Å². The summed E-state index contributed by atoms with van der Waals surface area (Å²) in [6, 6.07) is -0.912. The molecule has 0 heterocycles. The van der Waals surface area contributed by atoms with Crippen LogP contribution < -0.4 is 5.32 Å². The zero-order chi connectivity index (χ0) is 20.8. The Morgan fingerprint density at radius 3 is 2.17 bits per heavy atom. The molecule has 0 saturated heterocycles. The molecule has 5 fully saturated rings. The number of hydrogen-bond donors (Lipinski definition) is 3. The van der Waals surface area contributed by atoms with Gasteiger partial charge in [0, 0.05) is 0 Å². The number of aliphatic hydroxyl groups is 1. The van der Waals surface area contributed by atoms with Crippen LogP contribution in [0.5, 0.6) is 0 Å². The number of esters is 1. The van der Waals surface area contributed by atoms with Crippen molar-refractivity contribution in [2.75, 3.05) is 7.11 Å². The predicted octanol–water partition coefficient (Wildman–Crippen LogP) is 2.26. The van der Waals surface area contributed by atoms with Crippen molar-refractivity contribution >= 4 is 17.8 Å². The van der Waals surface area contributed by atoms with E-state index in [-0.39, 0.29) is 23.9 Å². The van der Waals surface area contributed by atoms with Gasteiger partial charge < -0.3 is 20.3 Å². The zero-order valence-corrected chi connectivity index (χ0v) is 17.2. The van der Waals surface area contributed by atoms with E-state index in [9.17, 15) is 24.6 Å². The molecular weight excluding hydrogens is 374 g/mol. The number of rotatable bonds is 6. The number of hydrogen-bond acceptors (Lipinski definition) is 5. The molecule has 7 heteroatoms. The Kier molecular flexibility index (Phi) is 5.38. The second-order valence-electron chi connectivity index (χ2n) is 10.3. The van der Waals surface area contributed by atoms with Crippen molar-refractivity contribution in [3.8, 4) is 0 Å². The molecule has 5 aliphatic carbocycles. The average Bonchev–Trinajstić information content (AvgIpc) is 2.67. The van der Waals surface area contributed by atoms with Crippen LogP contribution in [0, 0.1) is 28.6 Å². The Labute approximate surface area is 171 Å². The molecule has 2 unspecified atom stereocenters. The maximum absolute atomic E-state index is 13.4. The molecule has 1 amide bonds. The van der Waals surface area contributed by atoms with Crippen LogP contribution >= 0.6 is 0 Å². The van der Waals surface area contributed by atoms with E-state index in [4.69, 9.17) is 4.74 Å². The number of amides is 1. The Bertz CT molecular complexity index is 669. The third-order valence-corrected chi connectivity index (χ3v) is 8.15. The fourth-order valence-corrected chi connectivity index (χ4v) is 7.23. The van der Waals surface area contributed by atoms with Gasteiger partial charge in [-0.2, -0.15) is 0 Å². The van der Waals surface area contributed by atoms with E-state index in [0.29, 0.717) is 37.5 Å². The largest absolute Gasteiger partial charge is 0.480 e. The normalized spacial score (nSPS) is 41.6. The van der Waals surface area contributed by atoms with Crippen LogP contribution in [-0.2, 0) is 19.1 Å². The Hall–Kier alpha value is -1.63. The van der Waals surface area contributed by atoms with Crippen LogP contribution in [0.4, 0.5) is 0 Å². The molecule has 162 valence electrons. The van der Waals surface area contributed by atoms with Gasteiger partial charge in [0.1, 0.15) is 6.04 Å². The highest BCUT2D eigenvalue weighted by atomic mass is 16.5. The molecule has 5 rings (SSSR count). The minimum atomic E-state index is -1.00. The fourth-order valence-electron chi connectivity index (χ4n) is 7.23. The standard InChI is InChI=1S/C22H33NO6/c1-29-20(28)22-10-14-6-15(11-22)9-21(8-14,12-22)19(27)23-17(18(25)26)7-13-2-4-16(24)5-3-13/h13-17,24H,2-12H2,1H3,(H,23,27)(H,25,26)/t13?,14?,15?,16?,17-,21?,22?/m0/s1. The second-order valence-corrected chi connectivity index (χ2v) is 10.3. The van der Waals surface area contributed by atoms with Gasteiger partial charge in [0.05, 0.1) is 24.0 Å². The first-order valence-corrected chi connectivity index (χ1v) is 11.1. The molecule has 3 atom stereocenters. The Morgan fingerprint density at radius 1 is 1.03 bits per heavy atom. The van der Waals surface area contributed by atoms with E-state index in [2.05, 4.69) is 5.32 Å². The number of carbonyl (C=O) groups is 3. The molecule has 3 N–H and O–H groups in total. The van der Waals surface area contributed by atoms with E-state index < -0.39 is 22.8 Å². The molecule has 0 aromatic heterocycles. The third kappa shape index (κ3) is 3.78. The molecule has 0 aromatic carbocycles. The minimum absolute atomic E-state index is 0.192. The van der Waals surface area contributed by atoms with Gasteiger partial charge in [-0.1, -0.05) is 0 Å². The van der Waals surface area contributed by atoms with Gasteiger partial charge in [0.25, 0.3) is 0 Å². The highest BCUT2D eigenvalue weighted by Gasteiger charge is 2.63. The zero-order valence-electron chi connectivity index (χ0n) is 17.2. The number of carboxylic acid groups (broad SMARTS) is 1. The third-order valence-electron chi connectivity index (χ3n) is 8.15. The molecule has 29 heavy (non-hydrogen) atoms. The summed E-state index contributed by atoms with van der Waals surface area (Å²) in [6.45, 7) is 0. The summed E-state index contributed by atoms with van der Waals surface area (Å²) in [5.74, 6) is -0.523. The highest BCUT2D eigenvalue weighted by molar-refractivity contribution is 5.89. The molecule has 5 saturated carbocycles. The van der Waals surface area contributed by atoms with Gasteiger partial charge in [-0.25, -0.2) is 4.79 Å². The van der Waals surface area contributed by atoms with Crippen molar-refractivity contribution in [1.82, 2.24) is 5.32 Å². The van der Waals surface area contributed by atoms with E-state index >= 15 is 0 Å². The lowest BCUT2D eigenvalue weighted by Crippen LogP contribution is -2.61. The van der Waals surface area contributed by atoms with Crippen LogP contribution in [0.3, 0.4) is 0 Å². The number of nitrogens with one attached hydrogen (secondary N) is 1. The lowest BCUT2D eigenvalue weighted by atomic mass is 9.44. The smallest absolute Gasteiger partial charge is 0.326 e. The van der Waals surface area contributed by atoms with E-state index in [1.165, 1.54) is 7.11 Å². The van der Waals surface area contributed by atoms with Crippen molar-refractivity contribution in [3.05, 3.63) is 0 Å². The number of methoxy groups -OCH3 is 1. The van der Waals surface area contributed by atoms with Crippen LogP contribution in [0.15, 0.2) is 0 Å². The van der Waals surface area contributed by atoms with E-state index in [1.54, 1.807) is 0 Å². The van der Waals surface area contributed by atoms with Crippen molar-refractivity contribution in [2.45, 2.75) is 82.8 Å². The van der Waals surface area contributed by atoms with Crippen molar-refractivity contribution < 1.29 is 29.3 Å².